The molecule has 1 N–H and O–H groups in total. The van der Waals surface area contributed by atoms with Crippen molar-refractivity contribution < 1.29 is 9.59 Å². The van der Waals surface area contributed by atoms with E-state index < -0.39 is 5.60 Å². The lowest BCUT2D eigenvalue weighted by Gasteiger charge is -2.43. The number of quaternary nitrogens is 1. The molecule has 142 valence electrons. The van der Waals surface area contributed by atoms with Gasteiger partial charge in [-0.3, -0.25) is 0 Å². The summed E-state index contributed by atoms with van der Waals surface area (Å²) in [5, 5.41) is 11.7. The Morgan fingerprint density at radius 1 is 0.852 bits per heavy atom. The predicted molar refractivity (Wildman–Crippen MR) is 111 cm³/mol. The smallest absolute Gasteiger partial charge is 0.0928 e. The van der Waals surface area contributed by atoms with Crippen molar-refractivity contribution in [1.29, 1.82) is 0 Å². The average Bonchev–Trinajstić information content (AvgIpc) is 2.81. The van der Waals surface area contributed by atoms with Crippen LogP contribution < -0.4 is 0 Å². The molecule has 2 fully saturated rings. The zero-order valence-electron chi connectivity index (χ0n) is 16.6. The number of hydrogen-bond acceptors (Lipinski definition) is 1. The van der Waals surface area contributed by atoms with Gasteiger partial charge in [-0.05, 0) is 11.1 Å². The van der Waals surface area contributed by atoms with Gasteiger partial charge >= 0.3 is 0 Å². The second-order valence-corrected chi connectivity index (χ2v) is 9.15. The Balaban J connectivity index is 1.62. The molecule has 2 bridgehead atoms. The Hall–Kier alpha value is -1.90. The van der Waals surface area contributed by atoms with Crippen LogP contribution in [0.4, 0.5) is 0 Å². The summed E-state index contributed by atoms with van der Waals surface area (Å²) in [6.45, 7) is 0. The van der Waals surface area contributed by atoms with Crippen LogP contribution >= 0.6 is 0 Å². The molecule has 2 aliphatic rings. The number of aliphatic hydroxyl groups is 1. The third-order valence-corrected chi connectivity index (χ3v) is 6.89. The second-order valence-electron chi connectivity index (χ2n) is 9.15. The van der Waals surface area contributed by atoms with Gasteiger partial charge in [0.2, 0.25) is 0 Å². The summed E-state index contributed by atoms with van der Waals surface area (Å²) in [6.07, 6.45) is 8.48. The molecule has 2 aromatic rings. The highest BCUT2D eigenvalue weighted by molar-refractivity contribution is 5.27. The van der Waals surface area contributed by atoms with Gasteiger partial charge in [-0.1, -0.05) is 72.3 Å². The van der Waals surface area contributed by atoms with E-state index in [2.05, 4.69) is 68.7 Å². The van der Waals surface area contributed by atoms with E-state index in [9.17, 15) is 5.11 Å². The molecule has 0 saturated carbocycles. The first kappa shape index (κ1) is 18.5. The zero-order chi connectivity index (χ0) is 18.9. The van der Waals surface area contributed by atoms with E-state index in [1.165, 1.54) is 29.5 Å². The van der Waals surface area contributed by atoms with Crippen molar-refractivity contribution in [3.8, 4) is 0 Å². The van der Waals surface area contributed by atoms with E-state index >= 15 is 0 Å². The Labute approximate surface area is 163 Å². The van der Waals surface area contributed by atoms with Gasteiger partial charge in [0, 0.05) is 38.5 Å². The van der Waals surface area contributed by atoms with Gasteiger partial charge < -0.3 is 9.59 Å². The summed E-state index contributed by atoms with van der Waals surface area (Å²) in [6, 6.07) is 22.3. The van der Waals surface area contributed by atoms with Crippen LogP contribution in [0.2, 0.25) is 0 Å². The van der Waals surface area contributed by atoms with Crippen molar-refractivity contribution >= 4 is 0 Å². The maximum absolute atomic E-state index is 11.7. The van der Waals surface area contributed by atoms with Gasteiger partial charge in [-0.15, -0.1) is 0 Å². The molecule has 2 heterocycles. The zero-order valence-corrected chi connectivity index (χ0v) is 16.6. The first-order valence-electron chi connectivity index (χ1n) is 10.3. The maximum Gasteiger partial charge on any atom is 0.0928 e. The monoisotopic (exact) mass is 362 g/mol. The van der Waals surface area contributed by atoms with E-state index in [4.69, 9.17) is 0 Å². The molecule has 2 atom stereocenters. The predicted octanol–water partition coefficient (Wildman–Crippen LogP) is 4.53. The number of rotatable bonds is 5. The SMILES string of the molecule is C[N+]1(C)C2CCC1CC(=CC(O)(Cc1ccccc1)Cc1ccccc1)C2. The van der Waals surface area contributed by atoms with Crippen molar-refractivity contribution in [2.24, 2.45) is 0 Å². The van der Waals surface area contributed by atoms with Crippen LogP contribution in [0.25, 0.3) is 0 Å². The molecule has 0 radical (unpaired) electrons. The van der Waals surface area contributed by atoms with E-state index in [1.54, 1.807) is 0 Å². The van der Waals surface area contributed by atoms with Gasteiger partial charge in [-0.25, -0.2) is 0 Å². The van der Waals surface area contributed by atoms with Crippen molar-refractivity contribution in [3.63, 3.8) is 0 Å². The van der Waals surface area contributed by atoms with Gasteiger partial charge in [0.05, 0.1) is 31.8 Å². The summed E-state index contributed by atoms with van der Waals surface area (Å²) in [5.41, 5.74) is 3.03. The minimum atomic E-state index is -0.827. The lowest BCUT2D eigenvalue weighted by Crippen LogP contribution is -2.53. The summed E-state index contributed by atoms with van der Waals surface area (Å²) in [4.78, 5) is 0. The van der Waals surface area contributed by atoms with Crippen LogP contribution in [-0.2, 0) is 12.8 Å². The molecule has 0 amide bonds. The highest BCUT2D eigenvalue weighted by atomic mass is 16.3. The molecular weight excluding hydrogens is 330 g/mol. The van der Waals surface area contributed by atoms with Crippen LogP contribution in [0.5, 0.6) is 0 Å². The normalized spacial score (nSPS) is 24.0. The third-order valence-electron chi connectivity index (χ3n) is 6.89. The van der Waals surface area contributed by atoms with Crippen molar-refractivity contribution in [2.75, 3.05) is 14.1 Å². The molecule has 2 aliphatic heterocycles. The molecule has 2 nitrogen and oxygen atoms in total. The average molecular weight is 363 g/mol. The Kier molecular flexibility index (Phi) is 4.96. The number of piperidine rings is 1. The van der Waals surface area contributed by atoms with Crippen LogP contribution in [0, 0.1) is 0 Å². The Morgan fingerprint density at radius 3 is 1.74 bits per heavy atom. The van der Waals surface area contributed by atoms with Crippen molar-refractivity contribution in [2.45, 2.75) is 56.2 Å². The van der Waals surface area contributed by atoms with Crippen molar-refractivity contribution in [1.82, 2.24) is 0 Å². The highest BCUT2D eigenvalue weighted by Crippen LogP contribution is 2.42. The summed E-state index contributed by atoms with van der Waals surface area (Å²) in [7, 11) is 4.78. The number of hydrogen-bond donors (Lipinski definition) is 1. The Morgan fingerprint density at radius 2 is 1.30 bits per heavy atom. The molecule has 2 unspecified atom stereocenters. The van der Waals surface area contributed by atoms with E-state index in [1.807, 2.05) is 12.1 Å². The molecule has 0 aliphatic carbocycles. The van der Waals surface area contributed by atoms with E-state index in [-0.39, 0.29) is 0 Å². The standard InChI is InChI=1S/C25H32NO/c1-26(2)23-13-14-24(26)16-22(15-23)19-25(27,17-20-9-5-3-6-10-20)18-21-11-7-4-8-12-21/h3-12,19,23-24,27H,13-18H2,1-2H3/q+1. The third kappa shape index (κ3) is 4.02. The summed E-state index contributed by atoms with van der Waals surface area (Å²) >= 11 is 0. The second kappa shape index (κ2) is 7.26. The van der Waals surface area contributed by atoms with Crippen LogP contribution in [0.3, 0.4) is 0 Å². The summed E-state index contributed by atoms with van der Waals surface area (Å²) in [5.74, 6) is 0. The fourth-order valence-corrected chi connectivity index (χ4v) is 5.27. The number of benzene rings is 2. The van der Waals surface area contributed by atoms with E-state index in [0.717, 1.165) is 17.3 Å². The van der Waals surface area contributed by atoms with E-state index in [0.29, 0.717) is 24.9 Å². The molecule has 2 saturated heterocycles. The van der Waals surface area contributed by atoms with Gasteiger partial charge in [0.15, 0.2) is 0 Å². The van der Waals surface area contributed by atoms with Crippen LogP contribution in [0.1, 0.15) is 36.8 Å². The largest absolute Gasteiger partial charge is 0.385 e. The quantitative estimate of drug-likeness (QED) is 0.612. The van der Waals surface area contributed by atoms with Gasteiger partial charge in [0.25, 0.3) is 0 Å². The molecule has 2 aromatic carbocycles. The lowest BCUT2D eigenvalue weighted by molar-refractivity contribution is -0.928. The fraction of sp³-hybridized carbons (Fsp3) is 0.440. The fourth-order valence-electron chi connectivity index (χ4n) is 5.27. The molecule has 0 aromatic heterocycles. The topological polar surface area (TPSA) is 20.2 Å². The first-order valence-corrected chi connectivity index (χ1v) is 10.3. The molecule has 0 spiro atoms. The summed E-state index contributed by atoms with van der Waals surface area (Å²) < 4.78 is 1.16. The highest BCUT2D eigenvalue weighted by Gasteiger charge is 2.47. The molecule has 4 rings (SSSR count). The minimum Gasteiger partial charge on any atom is -0.385 e. The van der Waals surface area contributed by atoms with Gasteiger partial charge in [0.1, 0.15) is 0 Å². The van der Waals surface area contributed by atoms with Crippen molar-refractivity contribution in [3.05, 3.63) is 83.4 Å². The lowest BCUT2D eigenvalue weighted by atomic mass is 9.83. The maximum atomic E-state index is 11.7. The van der Waals surface area contributed by atoms with Crippen LogP contribution in [-0.4, -0.2) is 41.4 Å². The number of fused-ring (bicyclic) bond motifs is 2. The molecular formula is C25H32NO+. The first-order chi connectivity index (χ1) is 12.9. The Bertz CT molecular complexity index is 734. The number of nitrogens with zero attached hydrogens (tertiary/aromatic N) is 1. The molecule has 27 heavy (non-hydrogen) atoms. The van der Waals surface area contributed by atoms with Crippen LogP contribution in [0.15, 0.2) is 72.3 Å². The minimum absolute atomic E-state index is 0.666. The van der Waals surface area contributed by atoms with Gasteiger partial charge in [-0.2, -0.15) is 0 Å². The molecule has 2 heteroatoms.